The Morgan fingerprint density at radius 1 is 0.607 bits per heavy atom. The van der Waals surface area contributed by atoms with Crippen molar-refractivity contribution in [2.24, 2.45) is 0 Å². The van der Waals surface area contributed by atoms with E-state index in [0.29, 0.717) is 24.0 Å². The third kappa shape index (κ3) is 7.77. The quantitative estimate of drug-likeness (QED) is 0.417. The molecule has 1 aliphatic carbocycles. The Labute approximate surface area is 162 Å². The SMILES string of the molecule is O=C(O)CCCCCCCCC(=O)O.O=C(O)c1ccc(C(=O)O)c2c1CC2. The maximum absolute atomic E-state index is 10.7. The van der Waals surface area contributed by atoms with Crippen LogP contribution < -0.4 is 0 Å². The van der Waals surface area contributed by atoms with Crippen LogP contribution in [0.2, 0.25) is 0 Å². The fourth-order valence-corrected chi connectivity index (χ4v) is 3.00. The lowest BCUT2D eigenvalue weighted by atomic mass is 9.81. The maximum atomic E-state index is 10.7. The molecule has 28 heavy (non-hydrogen) atoms. The van der Waals surface area contributed by atoms with E-state index in [-0.39, 0.29) is 24.0 Å². The Hall–Kier alpha value is -2.90. The molecule has 4 N–H and O–H groups in total. The van der Waals surface area contributed by atoms with Gasteiger partial charge in [0.05, 0.1) is 11.1 Å². The minimum absolute atomic E-state index is 0.233. The van der Waals surface area contributed by atoms with E-state index in [4.69, 9.17) is 20.4 Å². The van der Waals surface area contributed by atoms with Gasteiger partial charge < -0.3 is 20.4 Å². The first-order chi connectivity index (χ1) is 13.2. The lowest BCUT2D eigenvalue weighted by molar-refractivity contribution is -0.138. The molecule has 8 nitrogen and oxygen atoms in total. The van der Waals surface area contributed by atoms with Crippen LogP contribution in [0.5, 0.6) is 0 Å². The minimum Gasteiger partial charge on any atom is -0.481 e. The van der Waals surface area contributed by atoms with E-state index in [9.17, 15) is 19.2 Å². The third-order valence-corrected chi connectivity index (χ3v) is 4.55. The molecule has 1 aliphatic rings. The fraction of sp³-hybridized carbons (Fsp3) is 0.500. The number of hydrogen-bond donors (Lipinski definition) is 4. The van der Waals surface area contributed by atoms with Gasteiger partial charge in [-0.15, -0.1) is 0 Å². The van der Waals surface area contributed by atoms with E-state index in [2.05, 4.69) is 0 Å². The van der Waals surface area contributed by atoms with Crippen molar-refractivity contribution >= 4 is 23.9 Å². The van der Waals surface area contributed by atoms with E-state index >= 15 is 0 Å². The number of carboxylic acids is 4. The molecule has 1 aromatic rings. The summed E-state index contributed by atoms with van der Waals surface area (Å²) in [6.45, 7) is 0. The van der Waals surface area contributed by atoms with Gasteiger partial charge in [0.15, 0.2) is 0 Å². The van der Waals surface area contributed by atoms with E-state index in [1.807, 2.05) is 0 Å². The molecule has 0 aromatic heterocycles. The van der Waals surface area contributed by atoms with Crippen molar-refractivity contribution in [3.05, 3.63) is 34.4 Å². The molecule has 0 fully saturated rings. The summed E-state index contributed by atoms with van der Waals surface area (Å²) in [5.74, 6) is -3.46. The van der Waals surface area contributed by atoms with E-state index in [1.54, 1.807) is 0 Å². The molecular formula is C20H26O8. The summed E-state index contributed by atoms with van der Waals surface area (Å²) in [5.41, 5.74) is 1.82. The Balaban J connectivity index is 0.000000280. The first-order valence-corrected chi connectivity index (χ1v) is 9.29. The molecular weight excluding hydrogens is 368 g/mol. The molecule has 1 aromatic carbocycles. The number of carbonyl (C=O) groups is 4. The summed E-state index contributed by atoms with van der Waals surface area (Å²) in [6, 6.07) is 2.73. The topological polar surface area (TPSA) is 149 Å². The van der Waals surface area contributed by atoms with Crippen LogP contribution in [-0.4, -0.2) is 44.3 Å². The summed E-state index contributed by atoms with van der Waals surface area (Å²) >= 11 is 0. The van der Waals surface area contributed by atoms with Gasteiger partial charge >= 0.3 is 23.9 Å². The van der Waals surface area contributed by atoms with Crippen LogP contribution in [0.25, 0.3) is 0 Å². The predicted octanol–water partition coefficient (Wildman–Crippen LogP) is 3.46. The fourth-order valence-electron chi connectivity index (χ4n) is 3.00. The van der Waals surface area contributed by atoms with Gasteiger partial charge in [-0.1, -0.05) is 25.7 Å². The first-order valence-electron chi connectivity index (χ1n) is 9.29. The second kappa shape index (κ2) is 11.7. The zero-order valence-corrected chi connectivity index (χ0v) is 15.6. The number of unbranched alkanes of at least 4 members (excludes halogenated alkanes) is 5. The van der Waals surface area contributed by atoms with Gasteiger partial charge in [0.1, 0.15) is 0 Å². The minimum atomic E-state index is -0.988. The van der Waals surface area contributed by atoms with E-state index < -0.39 is 23.9 Å². The third-order valence-electron chi connectivity index (χ3n) is 4.55. The van der Waals surface area contributed by atoms with Crippen molar-refractivity contribution in [1.29, 1.82) is 0 Å². The predicted molar refractivity (Wildman–Crippen MR) is 100.0 cm³/mol. The Kier molecular flexibility index (Phi) is 9.70. The molecule has 0 unspecified atom stereocenters. The largest absolute Gasteiger partial charge is 0.481 e. The number of benzene rings is 1. The zero-order chi connectivity index (χ0) is 21.1. The lowest BCUT2D eigenvalue weighted by Gasteiger charge is -2.22. The average molecular weight is 394 g/mol. The Bertz CT molecular complexity index is 662. The van der Waals surface area contributed by atoms with Crippen molar-refractivity contribution in [3.8, 4) is 0 Å². The van der Waals surface area contributed by atoms with Crippen LogP contribution in [0, 0.1) is 0 Å². The molecule has 0 spiro atoms. The van der Waals surface area contributed by atoms with E-state index in [0.717, 1.165) is 38.5 Å². The molecule has 2 rings (SSSR count). The monoisotopic (exact) mass is 394 g/mol. The second-order valence-electron chi connectivity index (χ2n) is 6.64. The maximum Gasteiger partial charge on any atom is 0.335 e. The lowest BCUT2D eigenvalue weighted by Crippen LogP contribution is -2.19. The van der Waals surface area contributed by atoms with Gasteiger partial charge in [0.25, 0.3) is 0 Å². The standard InChI is InChI=1S/C10H8O4.C10H18O4/c11-9(12)7-3-4-8(10(13)14)6-2-1-5(6)7;11-9(12)7-5-3-1-2-4-6-8-10(13)14/h3-4H,1-2H2,(H,11,12)(H,13,14);1-8H2,(H,11,12)(H,13,14). The van der Waals surface area contributed by atoms with Crippen molar-refractivity contribution in [3.63, 3.8) is 0 Å². The Morgan fingerprint density at radius 2 is 0.929 bits per heavy atom. The highest BCUT2D eigenvalue weighted by molar-refractivity contribution is 5.96. The van der Waals surface area contributed by atoms with Crippen LogP contribution in [0.15, 0.2) is 12.1 Å². The van der Waals surface area contributed by atoms with Crippen LogP contribution >= 0.6 is 0 Å². The van der Waals surface area contributed by atoms with Crippen molar-refractivity contribution in [2.75, 3.05) is 0 Å². The van der Waals surface area contributed by atoms with Gasteiger partial charge in [0, 0.05) is 12.8 Å². The average Bonchev–Trinajstić information content (AvgIpc) is 2.57. The highest BCUT2D eigenvalue weighted by Gasteiger charge is 2.26. The second-order valence-corrected chi connectivity index (χ2v) is 6.64. The highest BCUT2D eigenvalue weighted by Crippen LogP contribution is 2.30. The number of fused-ring (bicyclic) bond motifs is 1. The normalized spacial score (nSPS) is 11.4. The van der Waals surface area contributed by atoms with Crippen molar-refractivity contribution in [2.45, 2.75) is 64.2 Å². The van der Waals surface area contributed by atoms with Crippen molar-refractivity contribution in [1.82, 2.24) is 0 Å². The van der Waals surface area contributed by atoms with Crippen LogP contribution in [0.4, 0.5) is 0 Å². The molecule has 154 valence electrons. The van der Waals surface area contributed by atoms with Gasteiger partial charge in [-0.2, -0.15) is 0 Å². The highest BCUT2D eigenvalue weighted by atomic mass is 16.4. The number of rotatable bonds is 11. The molecule has 0 aliphatic heterocycles. The van der Waals surface area contributed by atoms with Crippen LogP contribution in [0.1, 0.15) is 83.2 Å². The molecule has 0 heterocycles. The number of aliphatic carboxylic acids is 2. The Morgan fingerprint density at radius 3 is 1.18 bits per heavy atom. The van der Waals surface area contributed by atoms with Gasteiger partial charge in [-0.25, -0.2) is 9.59 Å². The molecule has 8 heteroatoms. The van der Waals surface area contributed by atoms with Crippen LogP contribution in [-0.2, 0) is 22.4 Å². The van der Waals surface area contributed by atoms with Gasteiger partial charge in [-0.3, -0.25) is 9.59 Å². The number of carboxylic acid groups (broad SMARTS) is 4. The molecule has 0 saturated carbocycles. The molecule has 0 saturated heterocycles. The molecule has 0 amide bonds. The van der Waals surface area contributed by atoms with Gasteiger partial charge in [0.2, 0.25) is 0 Å². The summed E-state index contributed by atoms with van der Waals surface area (Å²) in [4.78, 5) is 41.8. The molecule has 0 radical (unpaired) electrons. The van der Waals surface area contributed by atoms with Crippen molar-refractivity contribution < 1.29 is 39.6 Å². The smallest absolute Gasteiger partial charge is 0.335 e. The van der Waals surface area contributed by atoms with Gasteiger partial charge in [-0.05, 0) is 48.9 Å². The summed E-state index contributed by atoms with van der Waals surface area (Å²) in [5, 5.41) is 34.3. The molecule has 0 atom stereocenters. The number of hydrogen-bond acceptors (Lipinski definition) is 4. The first kappa shape index (κ1) is 23.1. The van der Waals surface area contributed by atoms with E-state index in [1.165, 1.54) is 12.1 Å². The van der Waals surface area contributed by atoms with Crippen LogP contribution in [0.3, 0.4) is 0 Å². The summed E-state index contributed by atoms with van der Waals surface area (Å²) < 4.78 is 0. The summed E-state index contributed by atoms with van der Waals surface area (Å²) in [7, 11) is 0. The molecule has 0 bridgehead atoms. The summed E-state index contributed by atoms with van der Waals surface area (Å²) in [6.07, 6.45) is 7.15. The zero-order valence-electron chi connectivity index (χ0n) is 15.6. The number of aromatic carboxylic acids is 2.